The van der Waals surface area contributed by atoms with E-state index in [1.54, 1.807) is 12.1 Å². The molecule has 0 fully saturated rings. The van der Waals surface area contributed by atoms with Gasteiger partial charge in [0.2, 0.25) is 5.91 Å². The van der Waals surface area contributed by atoms with Crippen molar-refractivity contribution >= 4 is 16.8 Å². The van der Waals surface area contributed by atoms with Crippen LogP contribution in [0.15, 0.2) is 79.0 Å². The molecule has 0 bridgehead atoms. The molecular formula is C29H31FN2O. The Morgan fingerprint density at radius 3 is 2.36 bits per heavy atom. The molecule has 4 heteroatoms. The Hall–Kier alpha value is -3.40. The molecule has 0 spiro atoms. The molecule has 4 rings (SSSR count). The summed E-state index contributed by atoms with van der Waals surface area (Å²) in [5, 5.41) is 4.16. The minimum absolute atomic E-state index is 0.00777. The molecule has 170 valence electrons. The zero-order valence-corrected chi connectivity index (χ0v) is 19.5. The number of halogens is 1. The molecular weight excluding hydrogens is 411 g/mol. The zero-order valence-electron chi connectivity index (χ0n) is 19.5. The predicted molar refractivity (Wildman–Crippen MR) is 133 cm³/mol. The first-order valence-electron chi connectivity index (χ1n) is 11.6. The van der Waals surface area contributed by atoms with E-state index in [9.17, 15) is 9.18 Å². The van der Waals surface area contributed by atoms with Gasteiger partial charge in [-0.2, -0.15) is 0 Å². The van der Waals surface area contributed by atoms with Crippen LogP contribution in [0, 0.1) is 18.7 Å². The van der Waals surface area contributed by atoms with Gasteiger partial charge in [0, 0.05) is 42.5 Å². The van der Waals surface area contributed by atoms with Crippen LogP contribution in [0.1, 0.15) is 48.4 Å². The van der Waals surface area contributed by atoms with Crippen LogP contribution >= 0.6 is 0 Å². The summed E-state index contributed by atoms with van der Waals surface area (Å²) in [6, 6.07) is 23.4. The van der Waals surface area contributed by atoms with Gasteiger partial charge in [-0.1, -0.05) is 74.0 Å². The van der Waals surface area contributed by atoms with E-state index in [4.69, 9.17) is 0 Å². The van der Waals surface area contributed by atoms with E-state index >= 15 is 0 Å². The minimum atomic E-state index is -0.274. The maximum Gasteiger partial charge on any atom is 0.220 e. The van der Waals surface area contributed by atoms with Gasteiger partial charge in [-0.3, -0.25) is 4.79 Å². The van der Waals surface area contributed by atoms with Crippen LogP contribution in [0.2, 0.25) is 0 Å². The van der Waals surface area contributed by atoms with Gasteiger partial charge in [0.25, 0.3) is 0 Å². The zero-order chi connectivity index (χ0) is 23.4. The lowest BCUT2D eigenvalue weighted by atomic mass is 9.88. The number of aryl methyl sites for hydroxylation is 1. The number of benzene rings is 3. The Bertz CT molecular complexity index is 1220. The molecule has 3 nitrogen and oxygen atoms in total. The molecule has 0 aliphatic rings. The van der Waals surface area contributed by atoms with Gasteiger partial charge in [0.15, 0.2) is 0 Å². The van der Waals surface area contributed by atoms with Crippen molar-refractivity contribution in [2.45, 2.75) is 39.7 Å². The fourth-order valence-electron chi connectivity index (χ4n) is 4.25. The van der Waals surface area contributed by atoms with Crippen molar-refractivity contribution in [2.75, 3.05) is 6.54 Å². The van der Waals surface area contributed by atoms with Crippen molar-refractivity contribution < 1.29 is 9.18 Å². The summed E-state index contributed by atoms with van der Waals surface area (Å²) < 4.78 is 15.9. The van der Waals surface area contributed by atoms with Crippen LogP contribution < -0.4 is 5.32 Å². The molecule has 1 unspecified atom stereocenters. The number of aromatic nitrogens is 1. The Morgan fingerprint density at radius 2 is 1.67 bits per heavy atom. The van der Waals surface area contributed by atoms with E-state index in [0.29, 0.717) is 18.9 Å². The fraction of sp³-hybridized carbons (Fsp3) is 0.276. The van der Waals surface area contributed by atoms with Gasteiger partial charge in [-0.25, -0.2) is 4.39 Å². The van der Waals surface area contributed by atoms with Crippen LogP contribution in [0.25, 0.3) is 10.9 Å². The summed E-state index contributed by atoms with van der Waals surface area (Å²) in [6.45, 7) is 7.64. The normalized spacial score (nSPS) is 12.3. The van der Waals surface area contributed by atoms with E-state index < -0.39 is 0 Å². The number of nitrogens with zero attached hydrogens (tertiary/aromatic N) is 1. The molecule has 1 amide bonds. The first kappa shape index (κ1) is 22.8. The predicted octanol–water partition coefficient (Wildman–Crippen LogP) is 6.43. The highest BCUT2D eigenvalue weighted by atomic mass is 19.1. The van der Waals surface area contributed by atoms with Crippen LogP contribution in [0.4, 0.5) is 4.39 Å². The van der Waals surface area contributed by atoms with Crippen molar-refractivity contribution in [2.24, 2.45) is 5.92 Å². The van der Waals surface area contributed by atoms with Gasteiger partial charge in [-0.15, -0.1) is 0 Å². The number of carbonyl (C=O) groups is 1. The highest BCUT2D eigenvalue weighted by molar-refractivity contribution is 5.86. The standard InChI is InChI=1S/C29H31FN2O/c1-20(2)17-31-29(33)16-26(23-12-14-24(30)15-13-23)27-19-32(28-7-5-4-6-25(27)28)18-22-10-8-21(3)9-11-22/h4-15,19-20,26H,16-18H2,1-3H3,(H,31,33). The molecule has 1 aromatic heterocycles. The maximum absolute atomic E-state index is 13.7. The van der Waals surface area contributed by atoms with E-state index in [0.717, 1.165) is 28.6 Å². The highest BCUT2D eigenvalue weighted by Crippen LogP contribution is 2.35. The van der Waals surface area contributed by atoms with Crippen molar-refractivity contribution in [1.29, 1.82) is 0 Å². The third kappa shape index (κ3) is 5.51. The van der Waals surface area contributed by atoms with Crippen molar-refractivity contribution in [1.82, 2.24) is 9.88 Å². The van der Waals surface area contributed by atoms with Crippen LogP contribution in [0.5, 0.6) is 0 Å². The van der Waals surface area contributed by atoms with Crippen molar-refractivity contribution in [3.05, 3.63) is 107 Å². The highest BCUT2D eigenvalue weighted by Gasteiger charge is 2.23. The molecule has 1 atom stereocenters. The molecule has 1 heterocycles. The maximum atomic E-state index is 13.7. The number of rotatable bonds is 8. The van der Waals surface area contributed by atoms with Crippen molar-refractivity contribution in [3.63, 3.8) is 0 Å². The van der Waals surface area contributed by atoms with Gasteiger partial charge in [-0.05, 0) is 47.7 Å². The SMILES string of the molecule is Cc1ccc(Cn2cc(C(CC(=O)NCC(C)C)c3ccc(F)cc3)c3ccccc32)cc1. The number of carbonyl (C=O) groups excluding carboxylic acids is 1. The third-order valence-corrected chi connectivity index (χ3v) is 6.04. The number of para-hydroxylation sites is 1. The lowest BCUT2D eigenvalue weighted by Gasteiger charge is -2.18. The second kappa shape index (κ2) is 10.0. The summed E-state index contributed by atoms with van der Waals surface area (Å²) in [7, 11) is 0. The molecule has 3 aromatic carbocycles. The minimum Gasteiger partial charge on any atom is -0.356 e. The molecule has 1 N–H and O–H groups in total. The fourth-order valence-corrected chi connectivity index (χ4v) is 4.25. The number of hydrogen-bond donors (Lipinski definition) is 1. The van der Waals surface area contributed by atoms with E-state index in [2.05, 4.69) is 73.3 Å². The average molecular weight is 443 g/mol. The molecule has 4 aromatic rings. The molecule has 0 saturated heterocycles. The summed E-state index contributed by atoms with van der Waals surface area (Å²) in [5.74, 6) is -0.0477. The Kier molecular flexibility index (Phi) is 6.93. The monoisotopic (exact) mass is 442 g/mol. The van der Waals surface area contributed by atoms with Gasteiger partial charge in [0.05, 0.1) is 0 Å². The van der Waals surface area contributed by atoms with E-state index in [1.165, 1.54) is 23.3 Å². The van der Waals surface area contributed by atoms with Crippen molar-refractivity contribution in [3.8, 4) is 0 Å². The topological polar surface area (TPSA) is 34.0 Å². The van der Waals surface area contributed by atoms with Crippen LogP contribution in [-0.4, -0.2) is 17.0 Å². The Labute approximate surface area is 195 Å². The summed E-state index contributed by atoms with van der Waals surface area (Å²) in [6.07, 6.45) is 2.48. The third-order valence-electron chi connectivity index (χ3n) is 6.04. The largest absolute Gasteiger partial charge is 0.356 e. The Balaban J connectivity index is 1.74. The second-order valence-electron chi connectivity index (χ2n) is 9.22. The van der Waals surface area contributed by atoms with Gasteiger partial charge >= 0.3 is 0 Å². The number of nitrogens with one attached hydrogen (secondary N) is 1. The quantitative estimate of drug-likeness (QED) is 0.335. The molecule has 0 saturated carbocycles. The molecule has 0 radical (unpaired) electrons. The molecule has 0 aliphatic carbocycles. The summed E-state index contributed by atoms with van der Waals surface area (Å²) >= 11 is 0. The van der Waals surface area contributed by atoms with Crippen LogP contribution in [0.3, 0.4) is 0 Å². The lowest BCUT2D eigenvalue weighted by Crippen LogP contribution is -2.28. The average Bonchev–Trinajstić information content (AvgIpc) is 3.16. The first-order valence-corrected chi connectivity index (χ1v) is 11.6. The first-order chi connectivity index (χ1) is 15.9. The summed E-state index contributed by atoms with van der Waals surface area (Å²) in [4.78, 5) is 12.8. The lowest BCUT2D eigenvalue weighted by molar-refractivity contribution is -0.121. The molecule has 0 aliphatic heterocycles. The van der Waals surface area contributed by atoms with Crippen LogP contribution in [-0.2, 0) is 11.3 Å². The number of amides is 1. The van der Waals surface area contributed by atoms with E-state index in [-0.39, 0.29) is 17.6 Å². The van der Waals surface area contributed by atoms with Gasteiger partial charge in [0.1, 0.15) is 5.82 Å². The van der Waals surface area contributed by atoms with Gasteiger partial charge < -0.3 is 9.88 Å². The number of hydrogen-bond acceptors (Lipinski definition) is 1. The summed E-state index contributed by atoms with van der Waals surface area (Å²) in [5.41, 5.74) is 5.61. The number of fused-ring (bicyclic) bond motifs is 1. The van der Waals surface area contributed by atoms with E-state index in [1.807, 2.05) is 12.1 Å². The smallest absolute Gasteiger partial charge is 0.220 e. The second-order valence-corrected chi connectivity index (χ2v) is 9.22. The Morgan fingerprint density at radius 1 is 0.970 bits per heavy atom. The molecule has 33 heavy (non-hydrogen) atoms.